The average molecular weight is 463 g/mol. The van der Waals surface area contributed by atoms with E-state index in [0.29, 0.717) is 18.6 Å². The molecule has 1 aromatic carbocycles. The molecular formula is C26H46N4O3. The van der Waals surface area contributed by atoms with Gasteiger partial charge in [-0.15, -0.1) is 0 Å². The number of ether oxygens (including phenoxy) is 1. The minimum atomic E-state index is -0.421. The topological polar surface area (TPSA) is 96.7 Å². The lowest BCUT2D eigenvalue weighted by atomic mass is 9.97. The zero-order valence-electron chi connectivity index (χ0n) is 20.4. The van der Waals surface area contributed by atoms with E-state index in [4.69, 9.17) is 10.5 Å². The van der Waals surface area contributed by atoms with Crippen molar-refractivity contribution >= 4 is 11.9 Å². The van der Waals surface area contributed by atoms with E-state index in [1.807, 2.05) is 51.1 Å². The van der Waals surface area contributed by atoms with Crippen LogP contribution < -0.4 is 16.4 Å². The van der Waals surface area contributed by atoms with Crippen molar-refractivity contribution in [1.29, 1.82) is 0 Å². The number of carbonyl (C=O) groups excluding carboxylic acids is 2. The molecule has 4 N–H and O–H groups in total. The summed E-state index contributed by atoms with van der Waals surface area (Å²) in [4.78, 5) is 25.8. The highest BCUT2D eigenvalue weighted by Crippen LogP contribution is 2.16. The summed E-state index contributed by atoms with van der Waals surface area (Å²) in [5.41, 5.74) is 6.40. The minimum absolute atomic E-state index is 0. The molecule has 188 valence electrons. The number of nitrogens with zero attached hydrogens (tertiary/aromatic N) is 1. The van der Waals surface area contributed by atoms with Crippen LogP contribution in [0.2, 0.25) is 0 Å². The molecule has 2 aliphatic heterocycles. The van der Waals surface area contributed by atoms with Gasteiger partial charge in [-0.2, -0.15) is 0 Å². The van der Waals surface area contributed by atoms with E-state index in [1.165, 1.54) is 0 Å². The molecule has 0 aliphatic carbocycles. The van der Waals surface area contributed by atoms with E-state index in [1.54, 1.807) is 0 Å². The van der Waals surface area contributed by atoms with Crippen LogP contribution in [0, 0.1) is 0 Å². The number of amides is 1. The SMILES string of the molecule is C.C[C@@H]1[C@H](N)CCCN1CC(=O)c1ccccc1.C[C@H]1NCCC[C@H]1NC(=O)OC(C)(C)C. The van der Waals surface area contributed by atoms with Gasteiger partial charge >= 0.3 is 6.09 Å². The number of benzene rings is 1. The summed E-state index contributed by atoms with van der Waals surface area (Å²) < 4.78 is 5.21. The smallest absolute Gasteiger partial charge is 0.407 e. The number of nitrogens with two attached hydrogens (primary N) is 1. The molecule has 0 unspecified atom stereocenters. The molecule has 33 heavy (non-hydrogen) atoms. The van der Waals surface area contributed by atoms with Crippen molar-refractivity contribution in [1.82, 2.24) is 15.5 Å². The van der Waals surface area contributed by atoms with Gasteiger partial charge in [-0.1, -0.05) is 37.8 Å². The second-order valence-electron chi connectivity index (χ2n) is 9.94. The number of carbonyl (C=O) groups is 2. The van der Waals surface area contributed by atoms with E-state index in [9.17, 15) is 9.59 Å². The normalized spacial score (nSPS) is 25.6. The lowest BCUT2D eigenvalue weighted by Gasteiger charge is -2.37. The van der Waals surface area contributed by atoms with Crippen LogP contribution in [0.25, 0.3) is 0 Å². The Morgan fingerprint density at radius 3 is 2.42 bits per heavy atom. The first-order valence-corrected chi connectivity index (χ1v) is 11.9. The third kappa shape index (κ3) is 10.2. The van der Waals surface area contributed by atoms with Crippen molar-refractivity contribution in [2.75, 3.05) is 19.6 Å². The molecule has 0 radical (unpaired) electrons. The van der Waals surface area contributed by atoms with Crippen LogP contribution in [-0.4, -0.2) is 66.2 Å². The van der Waals surface area contributed by atoms with Crippen LogP contribution >= 0.6 is 0 Å². The second kappa shape index (κ2) is 13.7. The van der Waals surface area contributed by atoms with Gasteiger partial charge in [0.25, 0.3) is 0 Å². The van der Waals surface area contributed by atoms with Gasteiger partial charge in [-0.05, 0) is 73.4 Å². The van der Waals surface area contributed by atoms with Crippen molar-refractivity contribution in [2.24, 2.45) is 5.73 Å². The molecule has 7 heteroatoms. The number of ketones is 1. The van der Waals surface area contributed by atoms with E-state index < -0.39 is 5.60 Å². The second-order valence-corrected chi connectivity index (χ2v) is 9.94. The fourth-order valence-corrected chi connectivity index (χ4v) is 4.07. The van der Waals surface area contributed by atoms with Crippen LogP contribution in [0.15, 0.2) is 30.3 Å². The Labute approximate surface area is 200 Å². The first-order valence-electron chi connectivity index (χ1n) is 11.9. The molecule has 2 fully saturated rings. The molecule has 0 saturated carbocycles. The molecule has 4 atom stereocenters. The molecule has 7 nitrogen and oxygen atoms in total. The third-order valence-electron chi connectivity index (χ3n) is 6.08. The van der Waals surface area contributed by atoms with Crippen LogP contribution in [0.4, 0.5) is 4.79 Å². The van der Waals surface area contributed by atoms with Crippen LogP contribution in [0.5, 0.6) is 0 Å². The largest absolute Gasteiger partial charge is 0.444 e. The predicted molar refractivity (Wildman–Crippen MR) is 136 cm³/mol. The minimum Gasteiger partial charge on any atom is -0.444 e. The number of Topliss-reactive ketones (excluding diaryl/α,β-unsaturated/α-hetero) is 1. The zero-order chi connectivity index (χ0) is 23.7. The lowest BCUT2D eigenvalue weighted by Crippen LogP contribution is -2.52. The Bertz CT molecular complexity index is 720. The number of rotatable bonds is 4. The van der Waals surface area contributed by atoms with E-state index in [0.717, 1.165) is 44.3 Å². The van der Waals surface area contributed by atoms with Crippen molar-refractivity contribution < 1.29 is 14.3 Å². The molecule has 2 heterocycles. The summed E-state index contributed by atoms with van der Waals surface area (Å²) in [6, 6.07) is 10.5. The van der Waals surface area contributed by atoms with Gasteiger partial charge in [0.05, 0.1) is 6.54 Å². The first kappa shape index (κ1) is 29.1. The highest BCUT2D eigenvalue weighted by molar-refractivity contribution is 5.97. The van der Waals surface area contributed by atoms with Gasteiger partial charge in [0.15, 0.2) is 5.78 Å². The summed E-state index contributed by atoms with van der Waals surface area (Å²) in [5.74, 6) is 0.187. The molecule has 3 rings (SSSR count). The van der Waals surface area contributed by atoms with Crippen molar-refractivity contribution in [3.05, 3.63) is 35.9 Å². The van der Waals surface area contributed by atoms with Crippen molar-refractivity contribution in [3.63, 3.8) is 0 Å². The number of likely N-dealkylation sites (tertiary alicyclic amines) is 1. The Balaban J connectivity index is 0.000000323. The maximum Gasteiger partial charge on any atom is 0.407 e. The van der Waals surface area contributed by atoms with Gasteiger partial charge < -0.3 is 21.1 Å². The number of alkyl carbamates (subject to hydrolysis) is 1. The Kier molecular flexibility index (Phi) is 12.0. The van der Waals surface area contributed by atoms with E-state index >= 15 is 0 Å². The lowest BCUT2D eigenvalue weighted by molar-refractivity contribution is 0.0484. The summed E-state index contributed by atoms with van der Waals surface area (Å²) in [7, 11) is 0. The van der Waals surface area contributed by atoms with Gasteiger partial charge in [0.1, 0.15) is 5.60 Å². The number of nitrogens with one attached hydrogen (secondary N) is 2. The molecule has 0 aromatic heterocycles. The van der Waals surface area contributed by atoms with Crippen LogP contribution in [0.1, 0.15) is 78.1 Å². The Morgan fingerprint density at radius 1 is 1.15 bits per heavy atom. The fourth-order valence-electron chi connectivity index (χ4n) is 4.07. The fraction of sp³-hybridized carbons (Fsp3) is 0.692. The Morgan fingerprint density at radius 2 is 1.82 bits per heavy atom. The van der Waals surface area contributed by atoms with Gasteiger partial charge in [-0.25, -0.2) is 4.79 Å². The highest BCUT2D eigenvalue weighted by Gasteiger charge is 2.27. The molecule has 1 amide bonds. The maximum atomic E-state index is 12.1. The van der Waals surface area contributed by atoms with E-state index in [-0.39, 0.29) is 31.4 Å². The summed E-state index contributed by atoms with van der Waals surface area (Å²) in [5, 5.41) is 6.23. The molecule has 2 aliphatic rings. The summed E-state index contributed by atoms with van der Waals surface area (Å²) in [6.45, 7) is 12.3. The van der Waals surface area contributed by atoms with Gasteiger partial charge in [-0.3, -0.25) is 9.69 Å². The van der Waals surface area contributed by atoms with Gasteiger partial charge in [0, 0.05) is 29.7 Å². The molecule has 0 bridgehead atoms. The number of hydrogen-bond acceptors (Lipinski definition) is 6. The highest BCUT2D eigenvalue weighted by atomic mass is 16.6. The molecule has 1 aromatic rings. The first-order chi connectivity index (χ1) is 15.1. The molecule has 2 saturated heterocycles. The van der Waals surface area contributed by atoms with Crippen LogP contribution in [0.3, 0.4) is 0 Å². The van der Waals surface area contributed by atoms with Crippen LogP contribution in [-0.2, 0) is 4.74 Å². The van der Waals surface area contributed by atoms with Gasteiger partial charge in [0.2, 0.25) is 0 Å². The quantitative estimate of drug-likeness (QED) is 0.586. The van der Waals surface area contributed by atoms with Crippen molar-refractivity contribution in [3.8, 4) is 0 Å². The standard InChI is InChI=1S/C14H20N2O.C11H22N2O2.CH4/c1-11-13(15)8-5-9-16(11)10-14(17)12-6-3-2-4-7-12;1-8-9(6-5-7-12-8)13-10(14)15-11(2,3)4;/h2-4,6-7,11,13H,5,8-10,15H2,1H3;8-9,12H,5-7H2,1-4H3,(H,13,14);1H4/t11-,13-;8-,9-;/m11./s1. The monoisotopic (exact) mass is 462 g/mol. The number of piperidine rings is 2. The van der Waals surface area contributed by atoms with E-state index in [2.05, 4.69) is 29.4 Å². The third-order valence-corrected chi connectivity index (χ3v) is 6.08. The zero-order valence-corrected chi connectivity index (χ0v) is 20.4. The maximum absolute atomic E-state index is 12.1. The predicted octanol–water partition coefficient (Wildman–Crippen LogP) is 3.97. The van der Waals surface area contributed by atoms with Crippen molar-refractivity contribution in [2.45, 2.75) is 97.5 Å². The average Bonchev–Trinajstić information content (AvgIpc) is 2.73. The molecular weight excluding hydrogens is 416 g/mol. The Hall–Kier alpha value is -1.96. The molecule has 0 spiro atoms. The number of hydrogen-bond donors (Lipinski definition) is 3. The summed E-state index contributed by atoms with van der Waals surface area (Å²) >= 11 is 0. The summed E-state index contributed by atoms with van der Waals surface area (Å²) in [6.07, 6.45) is 3.96.